The van der Waals surface area contributed by atoms with Crippen LogP contribution in [0.25, 0.3) is 0 Å². The minimum absolute atomic E-state index is 0.0100. The van der Waals surface area contributed by atoms with Crippen LogP contribution < -0.4 is 5.32 Å². The Kier molecular flexibility index (Phi) is 54.6. The van der Waals surface area contributed by atoms with Gasteiger partial charge in [0.25, 0.3) is 0 Å². The van der Waals surface area contributed by atoms with Crippen LogP contribution in [0.1, 0.15) is 341 Å². The Bertz CT molecular complexity index is 1300. The SMILES string of the molecule is CCCCCCCCCCC/C=C/C(O)C(COC1OC(CO)C(O)C(O)C1O)NC(=O)CCCCCCCCCCCCCCCCCCCCCCCCCCCCCCOC(=O)CCCCCCCCCCCCC. The first-order valence-electron chi connectivity index (χ1n) is 34.0. The summed E-state index contributed by atoms with van der Waals surface area (Å²) in [4.78, 5) is 25.1. The molecule has 1 saturated heterocycles. The number of allylic oxidation sites excluding steroid dienone is 1. The Morgan fingerprint density at radius 3 is 1.19 bits per heavy atom. The van der Waals surface area contributed by atoms with Crippen molar-refractivity contribution in [2.24, 2.45) is 0 Å². The van der Waals surface area contributed by atoms with Gasteiger partial charge >= 0.3 is 5.97 Å². The highest BCUT2D eigenvalue weighted by Gasteiger charge is 2.44. The summed E-state index contributed by atoms with van der Waals surface area (Å²) in [7, 11) is 0. The van der Waals surface area contributed by atoms with Gasteiger partial charge in [0.05, 0.1) is 32.0 Å². The van der Waals surface area contributed by atoms with E-state index in [1.54, 1.807) is 6.08 Å². The van der Waals surface area contributed by atoms with Crippen molar-refractivity contribution in [1.29, 1.82) is 0 Å². The van der Waals surface area contributed by atoms with Crippen molar-refractivity contribution in [3.63, 3.8) is 0 Å². The van der Waals surface area contributed by atoms with Crippen molar-refractivity contribution in [3.05, 3.63) is 12.2 Å². The first-order chi connectivity index (χ1) is 38.2. The summed E-state index contributed by atoms with van der Waals surface area (Å²) in [5, 5.41) is 54.4. The number of carbonyl (C=O) groups is 2. The lowest BCUT2D eigenvalue weighted by molar-refractivity contribution is -0.302. The van der Waals surface area contributed by atoms with Crippen LogP contribution in [-0.2, 0) is 23.8 Å². The molecule has 1 aliphatic rings. The van der Waals surface area contributed by atoms with Crippen LogP contribution in [0.4, 0.5) is 0 Å². The molecule has 1 aliphatic heterocycles. The average molecular weight is 1110 g/mol. The summed E-state index contributed by atoms with van der Waals surface area (Å²) in [6, 6.07) is -0.806. The van der Waals surface area contributed by atoms with Gasteiger partial charge in [-0.15, -0.1) is 0 Å². The monoisotopic (exact) mass is 1110 g/mol. The van der Waals surface area contributed by atoms with E-state index >= 15 is 0 Å². The van der Waals surface area contributed by atoms with Crippen molar-refractivity contribution in [1.82, 2.24) is 5.32 Å². The smallest absolute Gasteiger partial charge is 0.305 e. The van der Waals surface area contributed by atoms with Crippen molar-refractivity contribution >= 4 is 11.9 Å². The summed E-state index contributed by atoms with van der Waals surface area (Å²) in [5.74, 6) is -0.167. The maximum Gasteiger partial charge on any atom is 0.305 e. The summed E-state index contributed by atoms with van der Waals surface area (Å²) >= 11 is 0. The number of unbranched alkanes of at least 4 members (excludes halogenated alkanes) is 46. The molecule has 1 amide bonds. The minimum atomic E-state index is -1.57. The lowest BCUT2D eigenvalue weighted by atomic mass is 9.99. The van der Waals surface area contributed by atoms with E-state index in [1.807, 2.05) is 6.08 Å². The summed E-state index contributed by atoms with van der Waals surface area (Å²) in [5.41, 5.74) is 0. The third-order valence-corrected chi connectivity index (χ3v) is 16.4. The Balaban J connectivity index is 1.95. The Labute approximate surface area is 480 Å². The van der Waals surface area contributed by atoms with Gasteiger partial charge in [0.2, 0.25) is 5.91 Å². The molecule has 0 aliphatic carbocycles. The summed E-state index contributed by atoms with van der Waals surface area (Å²) in [6.07, 6.45) is 59.1. The van der Waals surface area contributed by atoms with Gasteiger partial charge in [-0.25, -0.2) is 0 Å². The summed E-state index contributed by atoms with van der Waals surface area (Å²) < 4.78 is 16.7. The number of hydrogen-bond acceptors (Lipinski definition) is 10. The predicted molar refractivity (Wildman–Crippen MR) is 325 cm³/mol. The second kappa shape index (κ2) is 57.2. The van der Waals surface area contributed by atoms with E-state index in [0.717, 1.165) is 51.4 Å². The average Bonchev–Trinajstić information content (AvgIpc) is 3.44. The molecule has 0 aromatic rings. The molecule has 1 fully saturated rings. The highest BCUT2D eigenvalue weighted by molar-refractivity contribution is 5.76. The highest BCUT2D eigenvalue weighted by Crippen LogP contribution is 2.23. The van der Waals surface area contributed by atoms with Gasteiger partial charge in [-0.3, -0.25) is 9.59 Å². The van der Waals surface area contributed by atoms with Crippen molar-refractivity contribution < 1.29 is 49.3 Å². The van der Waals surface area contributed by atoms with Gasteiger partial charge in [0.1, 0.15) is 24.4 Å². The Morgan fingerprint density at radius 2 is 0.808 bits per heavy atom. The second-order valence-electron chi connectivity index (χ2n) is 23.9. The Morgan fingerprint density at radius 1 is 0.462 bits per heavy atom. The van der Waals surface area contributed by atoms with Crippen LogP contribution >= 0.6 is 0 Å². The first kappa shape index (κ1) is 74.4. The Hall–Kier alpha value is -1.60. The van der Waals surface area contributed by atoms with Crippen LogP contribution in [0.5, 0.6) is 0 Å². The third kappa shape index (κ3) is 45.9. The highest BCUT2D eigenvalue weighted by atomic mass is 16.7. The maximum atomic E-state index is 13.0. The number of rotatable bonds is 60. The molecule has 0 aromatic heterocycles. The van der Waals surface area contributed by atoms with Crippen molar-refractivity contribution in [3.8, 4) is 0 Å². The third-order valence-electron chi connectivity index (χ3n) is 16.4. The van der Waals surface area contributed by atoms with Gasteiger partial charge < -0.3 is 45.1 Å². The standard InChI is InChI=1S/C67H129NO10/c1-3-5-7-9-11-13-33-37-41-45-49-53-60(70)59(58-77-67-66(75)65(74)64(73)61(57-69)78-67)68-62(71)54-50-46-42-38-35-31-29-27-25-23-21-19-17-15-16-18-20-22-24-26-28-30-32-36-40-44-48-52-56-76-63(72)55-51-47-43-39-34-14-12-10-8-6-4-2/h49,53,59-61,64-67,69-70,73-75H,3-48,50-52,54-58H2,1-2H3,(H,68,71)/b53-49+. The molecule has 0 bridgehead atoms. The zero-order valence-electron chi connectivity index (χ0n) is 51.2. The molecular formula is C67H129NO10. The molecular weight excluding hydrogens is 979 g/mol. The molecule has 11 nitrogen and oxygen atoms in total. The number of aliphatic hydroxyl groups is 5. The topological polar surface area (TPSA) is 175 Å². The number of amides is 1. The first-order valence-corrected chi connectivity index (χ1v) is 34.0. The second-order valence-corrected chi connectivity index (χ2v) is 23.9. The van der Waals surface area contributed by atoms with Crippen LogP contribution in [0.15, 0.2) is 12.2 Å². The van der Waals surface area contributed by atoms with E-state index < -0.39 is 49.5 Å². The molecule has 1 rings (SSSR count). The molecule has 7 atom stereocenters. The molecule has 0 radical (unpaired) electrons. The number of aliphatic hydroxyl groups excluding tert-OH is 5. The molecule has 7 unspecified atom stereocenters. The number of esters is 1. The normalized spacial score (nSPS) is 18.5. The molecule has 0 spiro atoms. The number of carbonyl (C=O) groups excluding carboxylic acids is 2. The predicted octanol–water partition coefficient (Wildman–Crippen LogP) is 16.7. The lowest BCUT2D eigenvalue weighted by Crippen LogP contribution is -2.60. The maximum absolute atomic E-state index is 13.0. The van der Waals surface area contributed by atoms with Crippen LogP contribution in [-0.4, -0.2) is 100 Å². The molecule has 0 saturated carbocycles. The van der Waals surface area contributed by atoms with Crippen LogP contribution in [0.3, 0.4) is 0 Å². The van der Waals surface area contributed by atoms with Gasteiger partial charge in [0.15, 0.2) is 6.29 Å². The molecule has 0 aromatic carbocycles. The zero-order valence-corrected chi connectivity index (χ0v) is 51.2. The molecule has 6 N–H and O–H groups in total. The summed E-state index contributed by atoms with van der Waals surface area (Å²) in [6.45, 7) is 4.37. The number of hydrogen-bond donors (Lipinski definition) is 6. The van der Waals surface area contributed by atoms with E-state index in [9.17, 15) is 35.1 Å². The fourth-order valence-corrected chi connectivity index (χ4v) is 11.0. The van der Waals surface area contributed by atoms with E-state index in [1.165, 1.54) is 263 Å². The minimum Gasteiger partial charge on any atom is -0.466 e. The van der Waals surface area contributed by atoms with Crippen LogP contribution in [0, 0.1) is 0 Å². The molecule has 462 valence electrons. The van der Waals surface area contributed by atoms with E-state index in [-0.39, 0.29) is 18.5 Å². The molecule has 78 heavy (non-hydrogen) atoms. The van der Waals surface area contributed by atoms with Gasteiger partial charge in [-0.2, -0.15) is 0 Å². The van der Waals surface area contributed by atoms with Gasteiger partial charge in [-0.1, -0.05) is 309 Å². The van der Waals surface area contributed by atoms with Gasteiger partial charge in [-0.05, 0) is 32.1 Å². The van der Waals surface area contributed by atoms with Crippen molar-refractivity contribution in [2.45, 2.75) is 384 Å². The van der Waals surface area contributed by atoms with E-state index in [0.29, 0.717) is 19.4 Å². The lowest BCUT2D eigenvalue weighted by Gasteiger charge is -2.40. The quantitative estimate of drug-likeness (QED) is 0.0195. The molecule has 1 heterocycles. The van der Waals surface area contributed by atoms with E-state index in [4.69, 9.17) is 14.2 Å². The van der Waals surface area contributed by atoms with Crippen molar-refractivity contribution in [2.75, 3.05) is 19.8 Å². The zero-order chi connectivity index (χ0) is 56.6. The fraction of sp³-hybridized carbons (Fsp3) is 0.940. The largest absolute Gasteiger partial charge is 0.466 e. The van der Waals surface area contributed by atoms with Crippen LogP contribution in [0.2, 0.25) is 0 Å². The molecule has 11 heteroatoms. The number of nitrogens with one attached hydrogen (secondary N) is 1. The van der Waals surface area contributed by atoms with Gasteiger partial charge in [0, 0.05) is 12.8 Å². The van der Waals surface area contributed by atoms with E-state index in [2.05, 4.69) is 19.2 Å². The fourth-order valence-electron chi connectivity index (χ4n) is 11.0. The number of ether oxygens (including phenoxy) is 3.